The number of aryl methyl sites for hydroxylation is 1. The first-order valence-electron chi connectivity index (χ1n) is 6.39. The van der Waals surface area contributed by atoms with Crippen LogP contribution in [0.15, 0.2) is 23.0 Å². The summed E-state index contributed by atoms with van der Waals surface area (Å²) >= 11 is 0. The van der Waals surface area contributed by atoms with Gasteiger partial charge in [0.1, 0.15) is 5.82 Å². The summed E-state index contributed by atoms with van der Waals surface area (Å²) in [6.45, 7) is 1.91. The Balaban J connectivity index is 2.43. The van der Waals surface area contributed by atoms with Gasteiger partial charge in [-0.15, -0.1) is 10.2 Å². The predicted molar refractivity (Wildman–Crippen MR) is 70.1 cm³/mol. The molecule has 21 heavy (non-hydrogen) atoms. The molecule has 8 heteroatoms. The Kier molecular flexibility index (Phi) is 2.96. The van der Waals surface area contributed by atoms with E-state index in [4.69, 9.17) is 0 Å². The molecule has 3 aromatic rings. The molecule has 0 fully saturated rings. The quantitative estimate of drug-likeness (QED) is 0.790. The third-order valence-electron chi connectivity index (χ3n) is 3.22. The van der Waals surface area contributed by atoms with Gasteiger partial charge in [0, 0.05) is 6.42 Å². The van der Waals surface area contributed by atoms with Crippen molar-refractivity contribution in [3.63, 3.8) is 0 Å². The van der Waals surface area contributed by atoms with E-state index in [1.54, 1.807) is 0 Å². The molecule has 0 aliphatic heterocycles. The molecular weight excluding hydrogens is 285 g/mol. The summed E-state index contributed by atoms with van der Waals surface area (Å²) in [4.78, 5) is 14.4. The van der Waals surface area contributed by atoms with E-state index in [-0.39, 0.29) is 11.2 Å². The average Bonchev–Trinajstić information content (AvgIpc) is 2.83. The standard InChI is InChI=1S/C13H11F3N4O/c1-2-3-10-18-19-11-12(21)17-8-5-4-7(13(14,15)16)6-9(8)20(10)11/h4-6H,2-3H2,1H3,(H,17,21). The lowest BCUT2D eigenvalue weighted by atomic mass is 10.2. The smallest absolute Gasteiger partial charge is 0.317 e. The first-order chi connectivity index (χ1) is 9.91. The van der Waals surface area contributed by atoms with Gasteiger partial charge < -0.3 is 4.98 Å². The SMILES string of the molecule is CCCc1nnc2c(=O)[nH]c3ccc(C(F)(F)F)cc3n12. The van der Waals surface area contributed by atoms with Gasteiger partial charge in [-0.25, -0.2) is 0 Å². The van der Waals surface area contributed by atoms with Crippen molar-refractivity contribution in [2.24, 2.45) is 0 Å². The number of halogens is 3. The van der Waals surface area contributed by atoms with Crippen LogP contribution < -0.4 is 5.56 Å². The number of H-pyrrole nitrogens is 1. The third kappa shape index (κ3) is 2.16. The van der Waals surface area contributed by atoms with Crippen LogP contribution in [0.1, 0.15) is 24.7 Å². The van der Waals surface area contributed by atoms with E-state index in [2.05, 4.69) is 15.2 Å². The van der Waals surface area contributed by atoms with E-state index >= 15 is 0 Å². The number of rotatable bonds is 2. The number of aromatic nitrogens is 4. The molecule has 0 saturated carbocycles. The maximum absolute atomic E-state index is 12.9. The number of aromatic amines is 1. The number of benzene rings is 1. The van der Waals surface area contributed by atoms with Crippen LogP contribution in [-0.4, -0.2) is 19.6 Å². The second-order valence-corrected chi connectivity index (χ2v) is 4.71. The van der Waals surface area contributed by atoms with Gasteiger partial charge in [-0.1, -0.05) is 6.92 Å². The highest BCUT2D eigenvalue weighted by molar-refractivity contribution is 5.78. The van der Waals surface area contributed by atoms with Gasteiger partial charge in [0.15, 0.2) is 0 Å². The predicted octanol–water partition coefficient (Wildman–Crippen LogP) is 2.54. The van der Waals surface area contributed by atoms with E-state index in [9.17, 15) is 18.0 Å². The molecule has 0 aliphatic carbocycles. The highest BCUT2D eigenvalue weighted by atomic mass is 19.4. The number of fused-ring (bicyclic) bond motifs is 3. The Morgan fingerprint density at radius 1 is 1.29 bits per heavy atom. The van der Waals surface area contributed by atoms with Crippen molar-refractivity contribution in [3.8, 4) is 0 Å². The van der Waals surface area contributed by atoms with Gasteiger partial charge in [-0.2, -0.15) is 13.2 Å². The molecule has 110 valence electrons. The molecule has 5 nitrogen and oxygen atoms in total. The van der Waals surface area contributed by atoms with Crippen molar-refractivity contribution in [2.45, 2.75) is 25.9 Å². The fraction of sp³-hybridized carbons (Fsp3) is 0.308. The molecule has 1 N–H and O–H groups in total. The third-order valence-corrected chi connectivity index (χ3v) is 3.22. The highest BCUT2D eigenvalue weighted by Crippen LogP contribution is 2.31. The topological polar surface area (TPSA) is 63.0 Å². The van der Waals surface area contributed by atoms with E-state index in [1.165, 1.54) is 10.5 Å². The summed E-state index contributed by atoms with van der Waals surface area (Å²) in [5.74, 6) is 0.475. The molecule has 0 aliphatic rings. The van der Waals surface area contributed by atoms with Gasteiger partial charge in [0.25, 0.3) is 5.56 Å². The van der Waals surface area contributed by atoms with E-state index in [1.807, 2.05) is 6.92 Å². The summed E-state index contributed by atoms with van der Waals surface area (Å²) in [5.41, 5.74) is -0.688. The minimum absolute atomic E-state index is 0.00488. The van der Waals surface area contributed by atoms with E-state index in [0.29, 0.717) is 17.8 Å². The van der Waals surface area contributed by atoms with E-state index < -0.39 is 17.3 Å². The average molecular weight is 296 g/mol. The van der Waals surface area contributed by atoms with Crippen LogP contribution >= 0.6 is 0 Å². The number of nitrogens with zero attached hydrogens (tertiary/aromatic N) is 3. The first-order valence-corrected chi connectivity index (χ1v) is 6.39. The van der Waals surface area contributed by atoms with Crippen LogP contribution in [0, 0.1) is 0 Å². The molecule has 2 aromatic heterocycles. The lowest BCUT2D eigenvalue weighted by molar-refractivity contribution is -0.137. The van der Waals surface area contributed by atoms with Crippen LogP contribution in [0.3, 0.4) is 0 Å². The van der Waals surface area contributed by atoms with Crippen molar-refractivity contribution in [2.75, 3.05) is 0 Å². The van der Waals surface area contributed by atoms with Crippen molar-refractivity contribution < 1.29 is 13.2 Å². The van der Waals surface area contributed by atoms with Crippen molar-refractivity contribution in [1.29, 1.82) is 0 Å². The minimum Gasteiger partial charge on any atom is -0.317 e. The molecule has 3 rings (SSSR count). The minimum atomic E-state index is -4.45. The van der Waals surface area contributed by atoms with Crippen LogP contribution in [0.25, 0.3) is 16.7 Å². The normalized spacial score (nSPS) is 12.4. The molecule has 0 radical (unpaired) electrons. The second-order valence-electron chi connectivity index (χ2n) is 4.71. The lowest BCUT2D eigenvalue weighted by Crippen LogP contribution is -2.13. The summed E-state index contributed by atoms with van der Waals surface area (Å²) < 4.78 is 40.0. The van der Waals surface area contributed by atoms with Crippen molar-refractivity contribution in [3.05, 3.63) is 39.9 Å². The van der Waals surface area contributed by atoms with Gasteiger partial charge in [-0.3, -0.25) is 9.20 Å². The molecule has 0 amide bonds. The molecule has 0 unspecified atom stereocenters. The van der Waals surface area contributed by atoms with Crippen molar-refractivity contribution in [1.82, 2.24) is 19.6 Å². The van der Waals surface area contributed by atoms with Gasteiger partial charge in [0.2, 0.25) is 5.65 Å². The maximum atomic E-state index is 12.9. The zero-order valence-electron chi connectivity index (χ0n) is 11.0. The van der Waals surface area contributed by atoms with Crippen LogP contribution in [-0.2, 0) is 12.6 Å². The zero-order chi connectivity index (χ0) is 15.2. The lowest BCUT2D eigenvalue weighted by Gasteiger charge is -2.09. The summed E-state index contributed by atoms with van der Waals surface area (Å²) in [5, 5.41) is 7.67. The Labute approximate surface area is 116 Å². The molecule has 0 bridgehead atoms. The number of hydrogen-bond donors (Lipinski definition) is 1. The summed E-state index contributed by atoms with van der Waals surface area (Å²) in [6, 6.07) is 3.18. The van der Waals surface area contributed by atoms with Crippen LogP contribution in [0.2, 0.25) is 0 Å². The molecule has 2 heterocycles. The number of alkyl halides is 3. The van der Waals surface area contributed by atoms with Crippen LogP contribution in [0.4, 0.5) is 13.2 Å². The fourth-order valence-electron chi connectivity index (χ4n) is 2.28. The van der Waals surface area contributed by atoms with Crippen LogP contribution in [0.5, 0.6) is 0 Å². The molecule has 0 saturated heterocycles. The fourth-order valence-corrected chi connectivity index (χ4v) is 2.28. The molecule has 0 atom stereocenters. The first kappa shape index (κ1) is 13.6. The number of hydrogen-bond acceptors (Lipinski definition) is 3. The second kappa shape index (κ2) is 4.57. The summed E-state index contributed by atoms with van der Waals surface area (Å²) in [7, 11) is 0. The number of nitrogens with one attached hydrogen (secondary N) is 1. The Morgan fingerprint density at radius 3 is 2.71 bits per heavy atom. The molecular formula is C13H11F3N4O. The Bertz CT molecular complexity index is 879. The van der Waals surface area contributed by atoms with E-state index in [0.717, 1.165) is 18.6 Å². The Morgan fingerprint density at radius 2 is 2.05 bits per heavy atom. The molecule has 0 spiro atoms. The summed E-state index contributed by atoms with van der Waals surface area (Å²) in [6.07, 6.45) is -3.18. The molecule has 1 aromatic carbocycles. The van der Waals surface area contributed by atoms with Gasteiger partial charge in [-0.05, 0) is 24.6 Å². The highest BCUT2D eigenvalue weighted by Gasteiger charge is 2.31. The van der Waals surface area contributed by atoms with Gasteiger partial charge >= 0.3 is 6.18 Å². The largest absolute Gasteiger partial charge is 0.416 e. The van der Waals surface area contributed by atoms with Gasteiger partial charge in [0.05, 0.1) is 16.6 Å². The zero-order valence-corrected chi connectivity index (χ0v) is 11.0. The van der Waals surface area contributed by atoms with Crippen molar-refractivity contribution >= 4 is 16.7 Å². The maximum Gasteiger partial charge on any atom is 0.416 e. The monoisotopic (exact) mass is 296 g/mol. The Hall–Kier alpha value is -2.38.